The van der Waals surface area contributed by atoms with Gasteiger partial charge in [0.05, 0.1) is 5.69 Å². The van der Waals surface area contributed by atoms with Crippen molar-refractivity contribution in [2.75, 3.05) is 5.32 Å². The number of benzene rings is 2. The molecule has 6 nitrogen and oxygen atoms in total. The van der Waals surface area contributed by atoms with Crippen molar-refractivity contribution in [1.29, 1.82) is 0 Å². The second kappa shape index (κ2) is 10.0. The van der Waals surface area contributed by atoms with Gasteiger partial charge in [-0.05, 0) is 53.6 Å². The number of anilines is 1. The van der Waals surface area contributed by atoms with Crippen LogP contribution in [-0.2, 0) is 13.2 Å². The highest BCUT2D eigenvalue weighted by atomic mass is 16.5. The number of aromatic nitrogens is 2. The van der Waals surface area contributed by atoms with Crippen molar-refractivity contribution < 1.29 is 9.53 Å². The van der Waals surface area contributed by atoms with Crippen LogP contribution in [-0.4, -0.2) is 16.0 Å². The molecule has 6 heteroatoms. The Labute approximate surface area is 181 Å². The topological polar surface area (TPSA) is 76.1 Å². The molecule has 31 heavy (non-hydrogen) atoms. The fourth-order valence-electron chi connectivity index (χ4n) is 3.07. The zero-order chi connectivity index (χ0) is 21.3. The molecule has 0 spiro atoms. The van der Waals surface area contributed by atoms with Crippen LogP contribution in [0, 0.1) is 0 Å². The highest BCUT2D eigenvalue weighted by molar-refractivity contribution is 5.89. The lowest BCUT2D eigenvalue weighted by Gasteiger charge is -2.12. The first-order valence-corrected chi connectivity index (χ1v) is 9.94. The van der Waals surface area contributed by atoms with E-state index in [2.05, 4.69) is 20.6 Å². The molecule has 0 fully saturated rings. The third kappa shape index (κ3) is 5.67. The molecule has 154 valence electrons. The van der Waals surface area contributed by atoms with Crippen LogP contribution in [0.25, 0.3) is 11.3 Å². The Morgan fingerprint density at radius 1 is 0.871 bits per heavy atom. The number of hydrogen-bond acceptors (Lipinski definition) is 4. The van der Waals surface area contributed by atoms with Gasteiger partial charge in [0, 0.05) is 36.4 Å². The number of nitrogens with zero attached hydrogens (tertiary/aromatic N) is 2. The van der Waals surface area contributed by atoms with Crippen LogP contribution in [0.15, 0.2) is 97.5 Å². The van der Waals surface area contributed by atoms with Gasteiger partial charge in [0.1, 0.15) is 12.4 Å². The largest absolute Gasteiger partial charge is 0.489 e. The smallest absolute Gasteiger partial charge is 0.319 e. The van der Waals surface area contributed by atoms with Gasteiger partial charge < -0.3 is 15.4 Å². The molecule has 0 aliphatic heterocycles. The molecule has 0 saturated carbocycles. The SMILES string of the molecule is O=C(NCc1cccnc1)Nc1ccc(OCc2ccccc2-c2ccccn2)cc1. The number of carbonyl (C=O) groups excluding carboxylic acids is 1. The number of hydrogen-bond donors (Lipinski definition) is 2. The summed E-state index contributed by atoms with van der Waals surface area (Å²) in [6, 6.07) is 24.7. The van der Waals surface area contributed by atoms with Crippen LogP contribution in [0.4, 0.5) is 10.5 Å². The van der Waals surface area contributed by atoms with Crippen molar-refractivity contribution >= 4 is 11.7 Å². The van der Waals surface area contributed by atoms with Gasteiger partial charge in [-0.25, -0.2) is 4.79 Å². The molecule has 4 rings (SSSR count). The van der Waals surface area contributed by atoms with Gasteiger partial charge in [-0.3, -0.25) is 9.97 Å². The maximum Gasteiger partial charge on any atom is 0.319 e. The zero-order valence-electron chi connectivity index (χ0n) is 16.9. The fraction of sp³-hybridized carbons (Fsp3) is 0.0800. The van der Waals surface area contributed by atoms with E-state index >= 15 is 0 Å². The summed E-state index contributed by atoms with van der Waals surface area (Å²) >= 11 is 0. The number of nitrogens with one attached hydrogen (secondary N) is 2. The van der Waals surface area contributed by atoms with Gasteiger partial charge in [-0.15, -0.1) is 0 Å². The summed E-state index contributed by atoms with van der Waals surface area (Å²) in [6.45, 7) is 0.835. The van der Waals surface area contributed by atoms with E-state index in [0.29, 0.717) is 18.8 Å². The standard InChI is InChI=1S/C25H22N4O2/c30-25(28-17-19-6-5-14-26-16-19)29-21-10-12-22(13-11-21)31-18-20-7-1-2-8-23(20)24-9-3-4-15-27-24/h1-16H,17-18H2,(H2,28,29,30). The Morgan fingerprint density at radius 3 is 2.48 bits per heavy atom. The first-order chi connectivity index (χ1) is 15.3. The molecule has 2 aromatic heterocycles. The van der Waals surface area contributed by atoms with E-state index < -0.39 is 0 Å². The predicted molar refractivity (Wildman–Crippen MR) is 121 cm³/mol. The van der Waals surface area contributed by atoms with Crippen molar-refractivity contribution in [3.63, 3.8) is 0 Å². The predicted octanol–water partition coefficient (Wildman–Crippen LogP) is 5.04. The van der Waals surface area contributed by atoms with Crippen LogP contribution in [0.5, 0.6) is 5.75 Å². The lowest BCUT2D eigenvalue weighted by atomic mass is 10.0. The van der Waals surface area contributed by atoms with Gasteiger partial charge in [0.25, 0.3) is 0 Å². The summed E-state index contributed by atoms with van der Waals surface area (Å²) in [6.07, 6.45) is 5.20. The number of rotatable bonds is 7. The third-order valence-corrected chi connectivity index (χ3v) is 4.64. The summed E-state index contributed by atoms with van der Waals surface area (Å²) in [4.78, 5) is 20.5. The molecule has 0 bridgehead atoms. The van der Waals surface area contributed by atoms with Crippen molar-refractivity contribution in [2.24, 2.45) is 0 Å². The molecule has 0 aliphatic carbocycles. The first-order valence-electron chi connectivity index (χ1n) is 9.94. The van der Waals surface area contributed by atoms with E-state index in [1.807, 2.05) is 78.9 Å². The first kappa shape index (κ1) is 20.1. The maximum absolute atomic E-state index is 12.1. The average molecular weight is 410 g/mol. The van der Waals surface area contributed by atoms with E-state index in [0.717, 1.165) is 28.1 Å². The highest BCUT2D eigenvalue weighted by Gasteiger charge is 2.07. The Bertz CT molecular complexity index is 1120. The summed E-state index contributed by atoms with van der Waals surface area (Å²) < 4.78 is 5.96. The second-order valence-corrected chi connectivity index (χ2v) is 6.85. The fourth-order valence-corrected chi connectivity index (χ4v) is 3.07. The quantitative estimate of drug-likeness (QED) is 0.447. The average Bonchev–Trinajstić information content (AvgIpc) is 2.84. The molecule has 0 radical (unpaired) electrons. The van der Waals surface area contributed by atoms with Crippen molar-refractivity contribution in [1.82, 2.24) is 15.3 Å². The molecular formula is C25H22N4O2. The van der Waals surface area contributed by atoms with Gasteiger partial charge in [0.15, 0.2) is 0 Å². The molecule has 0 unspecified atom stereocenters. The van der Waals surface area contributed by atoms with Gasteiger partial charge >= 0.3 is 6.03 Å². The molecule has 0 atom stereocenters. The van der Waals surface area contributed by atoms with Gasteiger partial charge in [-0.1, -0.05) is 36.4 Å². The number of ether oxygens (including phenoxy) is 1. The molecular weight excluding hydrogens is 388 g/mol. The van der Waals surface area contributed by atoms with Crippen LogP contribution < -0.4 is 15.4 Å². The maximum atomic E-state index is 12.1. The minimum Gasteiger partial charge on any atom is -0.489 e. The Morgan fingerprint density at radius 2 is 1.71 bits per heavy atom. The minimum absolute atomic E-state index is 0.276. The number of carbonyl (C=O) groups is 1. The Balaban J connectivity index is 1.32. The van der Waals surface area contributed by atoms with Crippen molar-refractivity contribution in [3.8, 4) is 17.0 Å². The minimum atomic E-state index is -0.276. The summed E-state index contributed by atoms with van der Waals surface area (Å²) in [7, 11) is 0. The summed E-state index contributed by atoms with van der Waals surface area (Å²) in [5.74, 6) is 0.720. The second-order valence-electron chi connectivity index (χ2n) is 6.85. The van der Waals surface area contributed by atoms with E-state index in [1.165, 1.54) is 0 Å². The third-order valence-electron chi connectivity index (χ3n) is 4.64. The van der Waals surface area contributed by atoms with Gasteiger partial charge in [0.2, 0.25) is 0 Å². The Kier molecular flexibility index (Phi) is 6.50. The van der Waals surface area contributed by atoms with Crippen molar-refractivity contribution in [2.45, 2.75) is 13.2 Å². The highest BCUT2D eigenvalue weighted by Crippen LogP contribution is 2.23. The lowest BCUT2D eigenvalue weighted by Crippen LogP contribution is -2.28. The Hall–Kier alpha value is -4.19. The van der Waals surface area contributed by atoms with E-state index in [1.54, 1.807) is 18.6 Å². The van der Waals surface area contributed by atoms with Crippen LogP contribution in [0.3, 0.4) is 0 Å². The molecule has 0 aliphatic rings. The summed E-state index contributed by atoms with van der Waals surface area (Å²) in [5.41, 5.74) is 4.64. The number of urea groups is 1. The summed E-state index contributed by atoms with van der Waals surface area (Å²) in [5, 5.41) is 5.61. The van der Waals surface area contributed by atoms with Crippen molar-refractivity contribution in [3.05, 3.63) is 109 Å². The van der Waals surface area contributed by atoms with Gasteiger partial charge in [-0.2, -0.15) is 0 Å². The molecule has 4 aromatic rings. The number of amides is 2. The molecule has 0 saturated heterocycles. The molecule has 2 amide bonds. The lowest BCUT2D eigenvalue weighted by molar-refractivity contribution is 0.251. The van der Waals surface area contributed by atoms with Crippen LogP contribution in [0.2, 0.25) is 0 Å². The van der Waals surface area contributed by atoms with E-state index in [-0.39, 0.29) is 6.03 Å². The number of pyridine rings is 2. The van der Waals surface area contributed by atoms with Crippen LogP contribution >= 0.6 is 0 Å². The van der Waals surface area contributed by atoms with E-state index in [9.17, 15) is 4.79 Å². The monoisotopic (exact) mass is 410 g/mol. The zero-order valence-corrected chi connectivity index (χ0v) is 16.9. The normalized spacial score (nSPS) is 10.3. The molecule has 2 aromatic carbocycles. The van der Waals surface area contributed by atoms with Crippen LogP contribution in [0.1, 0.15) is 11.1 Å². The molecule has 2 heterocycles. The molecule has 2 N–H and O–H groups in total. The van der Waals surface area contributed by atoms with E-state index in [4.69, 9.17) is 4.74 Å².